The largest absolute Gasteiger partial charge is 0.377 e. The third-order valence-electron chi connectivity index (χ3n) is 3.91. The molecule has 2 rings (SSSR count). The second kappa shape index (κ2) is 6.51. The highest BCUT2D eigenvalue weighted by atomic mass is 16.5. The summed E-state index contributed by atoms with van der Waals surface area (Å²) >= 11 is 0. The normalized spacial score (nSPS) is 18.8. The fraction of sp³-hybridized carbons (Fsp3) is 0.588. The van der Waals surface area contributed by atoms with Crippen molar-refractivity contribution < 1.29 is 9.53 Å². The summed E-state index contributed by atoms with van der Waals surface area (Å²) in [5.74, 6) is 0.209. The summed E-state index contributed by atoms with van der Waals surface area (Å²) in [5.41, 5.74) is 4.26. The summed E-state index contributed by atoms with van der Waals surface area (Å²) in [6, 6.07) is 4.17. The molecule has 3 nitrogen and oxygen atoms in total. The van der Waals surface area contributed by atoms with E-state index in [4.69, 9.17) is 4.74 Å². The van der Waals surface area contributed by atoms with Crippen LogP contribution in [0.2, 0.25) is 0 Å². The fourth-order valence-electron chi connectivity index (χ4n) is 3.14. The van der Waals surface area contributed by atoms with Crippen molar-refractivity contribution in [2.24, 2.45) is 0 Å². The number of ether oxygens (including phenoxy) is 1. The average Bonchev–Trinajstić information content (AvgIpc) is 2.79. The zero-order valence-electron chi connectivity index (χ0n) is 13.0. The Labute approximate surface area is 121 Å². The lowest BCUT2D eigenvalue weighted by Gasteiger charge is -2.20. The Morgan fingerprint density at radius 2 is 1.95 bits per heavy atom. The molecule has 0 amide bonds. The summed E-state index contributed by atoms with van der Waals surface area (Å²) < 4.78 is 5.62. The first-order chi connectivity index (χ1) is 9.47. The van der Waals surface area contributed by atoms with Crippen molar-refractivity contribution >= 4 is 5.78 Å². The molecule has 1 aliphatic heterocycles. The Kier molecular flexibility index (Phi) is 4.95. The Bertz CT molecular complexity index is 467. The van der Waals surface area contributed by atoms with E-state index < -0.39 is 0 Å². The first-order valence-electron chi connectivity index (χ1n) is 7.38. The molecular weight excluding hydrogens is 250 g/mol. The topological polar surface area (TPSA) is 29.5 Å². The molecule has 1 unspecified atom stereocenters. The Hall–Kier alpha value is -1.19. The molecule has 1 aromatic rings. The van der Waals surface area contributed by atoms with E-state index in [0.717, 1.165) is 42.7 Å². The first kappa shape index (κ1) is 15.2. The molecule has 110 valence electrons. The van der Waals surface area contributed by atoms with E-state index in [0.29, 0.717) is 12.6 Å². The van der Waals surface area contributed by atoms with Gasteiger partial charge in [-0.25, -0.2) is 0 Å². The highest BCUT2D eigenvalue weighted by molar-refractivity contribution is 6.00. The van der Waals surface area contributed by atoms with Gasteiger partial charge in [0.25, 0.3) is 0 Å². The van der Waals surface area contributed by atoms with Gasteiger partial charge in [-0.1, -0.05) is 17.7 Å². The highest BCUT2D eigenvalue weighted by Gasteiger charge is 2.20. The van der Waals surface area contributed by atoms with E-state index in [2.05, 4.69) is 24.0 Å². The van der Waals surface area contributed by atoms with Gasteiger partial charge in [0.15, 0.2) is 5.78 Å². The number of ketones is 1. The van der Waals surface area contributed by atoms with Gasteiger partial charge in [-0.3, -0.25) is 9.69 Å². The average molecular weight is 275 g/mol. The number of benzene rings is 1. The molecule has 3 heteroatoms. The molecule has 0 N–H and O–H groups in total. The molecule has 0 bridgehead atoms. The molecule has 1 saturated heterocycles. The Morgan fingerprint density at radius 3 is 2.50 bits per heavy atom. The second-order valence-electron chi connectivity index (χ2n) is 6.03. The van der Waals surface area contributed by atoms with Crippen LogP contribution in [0.5, 0.6) is 0 Å². The van der Waals surface area contributed by atoms with Crippen molar-refractivity contribution in [2.45, 2.75) is 39.7 Å². The summed E-state index contributed by atoms with van der Waals surface area (Å²) in [5, 5.41) is 0. The smallest absolute Gasteiger partial charge is 0.177 e. The predicted molar refractivity (Wildman–Crippen MR) is 81.5 cm³/mol. The zero-order valence-corrected chi connectivity index (χ0v) is 13.0. The Morgan fingerprint density at radius 1 is 1.30 bits per heavy atom. The number of carbonyl (C=O) groups excluding carboxylic acids is 1. The van der Waals surface area contributed by atoms with Gasteiger partial charge < -0.3 is 4.74 Å². The van der Waals surface area contributed by atoms with E-state index in [1.54, 1.807) is 0 Å². The summed E-state index contributed by atoms with van der Waals surface area (Å²) in [6.45, 7) is 8.28. The van der Waals surface area contributed by atoms with Crippen LogP contribution in [0.1, 0.15) is 39.9 Å². The van der Waals surface area contributed by atoms with E-state index in [-0.39, 0.29) is 5.78 Å². The molecule has 1 atom stereocenters. The lowest BCUT2D eigenvalue weighted by Crippen LogP contribution is -2.33. The van der Waals surface area contributed by atoms with Gasteiger partial charge in [0.1, 0.15) is 0 Å². The van der Waals surface area contributed by atoms with Crippen LogP contribution in [0.25, 0.3) is 0 Å². The fourth-order valence-corrected chi connectivity index (χ4v) is 3.14. The lowest BCUT2D eigenvalue weighted by molar-refractivity contribution is 0.0740. The molecule has 1 aliphatic rings. The SMILES string of the molecule is Cc1cc(C)c(C(=O)CN(C)CC2CCCO2)c(C)c1. The van der Waals surface area contributed by atoms with Crippen molar-refractivity contribution in [3.05, 3.63) is 34.4 Å². The van der Waals surface area contributed by atoms with Crippen LogP contribution in [0.3, 0.4) is 0 Å². The van der Waals surface area contributed by atoms with Crippen LogP contribution in [0.4, 0.5) is 0 Å². The number of likely N-dealkylation sites (N-methyl/N-ethyl adjacent to an activating group) is 1. The maximum Gasteiger partial charge on any atom is 0.177 e. The minimum Gasteiger partial charge on any atom is -0.377 e. The van der Waals surface area contributed by atoms with Crippen LogP contribution >= 0.6 is 0 Å². The minimum absolute atomic E-state index is 0.209. The number of aryl methyl sites for hydroxylation is 3. The third kappa shape index (κ3) is 3.68. The molecule has 0 radical (unpaired) electrons. The standard InChI is InChI=1S/C17H25NO2/c1-12-8-13(2)17(14(3)9-12)16(19)11-18(4)10-15-6-5-7-20-15/h8-9,15H,5-7,10-11H2,1-4H3. The molecule has 0 saturated carbocycles. The monoisotopic (exact) mass is 275 g/mol. The highest BCUT2D eigenvalue weighted by Crippen LogP contribution is 2.18. The first-order valence-corrected chi connectivity index (χ1v) is 7.38. The van der Waals surface area contributed by atoms with E-state index >= 15 is 0 Å². The molecule has 1 fully saturated rings. The number of Topliss-reactive ketones (excluding diaryl/α,β-unsaturated/α-hetero) is 1. The van der Waals surface area contributed by atoms with Gasteiger partial charge >= 0.3 is 0 Å². The van der Waals surface area contributed by atoms with E-state index in [1.807, 2.05) is 20.9 Å². The van der Waals surface area contributed by atoms with Crippen molar-refractivity contribution in [1.82, 2.24) is 4.90 Å². The Balaban J connectivity index is 2.00. The summed E-state index contributed by atoms with van der Waals surface area (Å²) in [4.78, 5) is 14.6. The van der Waals surface area contributed by atoms with Crippen LogP contribution < -0.4 is 0 Å². The third-order valence-corrected chi connectivity index (χ3v) is 3.91. The van der Waals surface area contributed by atoms with Gasteiger partial charge in [0.2, 0.25) is 0 Å². The van der Waals surface area contributed by atoms with E-state index in [1.165, 1.54) is 5.56 Å². The predicted octanol–water partition coefficient (Wildman–Crippen LogP) is 2.91. The van der Waals surface area contributed by atoms with Crippen molar-refractivity contribution in [2.75, 3.05) is 26.7 Å². The number of hydrogen-bond acceptors (Lipinski definition) is 3. The van der Waals surface area contributed by atoms with Gasteiger partial charge in [0.05, 0.1) is 12.6 Å². The molecule has 1 aromatic carbocycles. The van der Waals surface area contributed by atoms with Gasteiger partial charge in [-0.05, 0) is 51.8 Å². The number of carbonyl (C=O) groups is 1. The molecule has 1 heterocycles. The number of hydrogen-bond donors (Lipinski definition) is 0. The van der Waals surface area contributed by atoms with Crippen LogP contribution in [-0.2, 0) is 4.74 Å². The molecule has 0 spiro atoms. The summed E-state index contributed by atoms with van der Waals surface area (Å²) in [7, 11) is 2.00. The van der Waals surface area contributed by atoms with Gasteiger partial charge in [-0.2, -0.15) is 0 Å². The second-order valence-corrected chi connectivity index (χ2v) is 6.03. The lowest BCUT2D eigenvalue weighted by atomic mass is 9.96. The van der Waals surface area contributed by atoms with Crippen molar-refractivity contribution in [1.29, 1.82) is 0 Å². The molecule has 20 heavy (non-hydrogen) atoms. The maximum absolute atomic E-state index is 12.5. The van der Waals surface area contributed by atoms with Crippen LogP contribution in [0, 0.1) is 20.8 Å². The zero-order chi connectivity index (χ0) is 14.7. The van der Waals surface area contributed by atoms with Crippen molar-refractivity contribution in [3.8, 4) is 0 Å². The summed E-state index contributed by atoms with van der Waals surface area (Å²) in [6.07, 6.45) is 2.55. The van der Waals surface area contributed by atoms with Crippen LogP contribution in [0.15, 0.2) is 12.1 Å². The van der Waals surface area contributed by atoms with Crippen LogP contribution in [-0.4, -0.2) is 43.5 Å². The molecule has 0 aromatic heterocycles. The number of rotatable bonds is 5. The minimum atomic E-state index is 0.209. The quantitative estimate of drug-likeness (QED) is 0.774. The molecule has 0 aliphatic carbocycles. The van der Waals surface area contributed by atoms with Gasteiger partial charge in [-0.15, -0.1) is 0 Å². The van der Waals surface area contributed by atoms with Crippen molar-refractivity contribution in [3.63, 3.8) is 0 Å². The molecular formula is C17H25NO2. The maximum atomic E-state index is 12.5. The van der Waals surface area contributed by atoms with Gasteiger partial charge in [0, 0.05) is 18.7 Å². The number of nitrogens with zero attached hydrogens (tertiary/aromatic N) is 1. The van der Waals surface area contributed by atoms with E-state index in [9.17, 15) is 4.79 Å².